The number of aryl methyl sites for hydroxylation is 1. The van der Waals surface area contributed by atoms with Gasteiger partial charge in [0.25, 0.3) is 0 Å². The molecule has 0 radical (unpaired) electrons. The zero-order valence-electron chi connectivity index (χ0n) is 9.25. The van der Waals surface area contributed by atoms with E-state index in [0.29, 0.717) is 5.56 Å². The second-order valence-electron chi connectivity index (χ2n) is 4.07. The second-order valence-corrected chi connectivity index (χ2v) is 4.07. The number of benzene rings is 1. The summed E-state index contributed by atoms with van der Waals surface area (Å²) < 4.78 is 0. The summed E-state index contributed by atoms with van der Waals surface area (Å²) in [5, 5.41) is 10.9. The fourth-order valence-corrected chi connectivity index (χ4v) is 1.45. The minimum Gasteiger partial charge on any atom is -0.543 e. The van der Waals surface area contributed by atoms with E-state index in [1.54, 1.807) is 6.92 Å². The van der Waals surface area contributed by atoms with E-state index in [1.165, 1.54) is 5.56 Å². The number of hydrogen-bond acceptors (Lipinski definition) is 2. The van der Waals surface area contributed by atoms with Crippen molar-refractivity contribution in [3.63, 3.8) is 0 Å². The van der Waals surface area contributed by atoms with Crippen LogP contribution in [0.1, 0.15) is 31.4 Å². The van der Waals surface area contributed by atoms with Crippen molar-refractivity contribution < 1.29 is 15.6 Å². The molecule has 3 N–H and O–H groups in total. The van der Waals surface area contributed by atoms with Crippen LogP contribution in [0.3, 0.4) is 0 Å². The van der Waals surface area contributed by atoms with Gasteiger partial charge in [0.1, 0.15) is 5.97 Å². The zero-order valence-corrected chi connectivity index (χ0v) is 9.25. The molecule has 3 heteroatoms. The zero-order chi connectivity index (χ0) is 11.5. The van der Waals surface area contributed by atoms with Crippen molar-refractivity contribution in [2.45, 2.75) is 32.2 Å². The first-order valence-electron chi connectivity index (χ1n) is 5.14. The van der Waals surface area contributed by atoms with E-state index in [-0.39, 0.29) is 0 Å². The monoisotopic (exact) mass is 207 g/mol. The molecule has 0 aromatic heterocycles. The van der Waals surface area contributed by atoms with Crippen LogP contribution < -0.4 is 10.8 Å². The van der Waals surface area contributed by atoms with Crippen LogP contribution in [0.2, 0.25) is 0 Å². The van der Waals surface area contributed by atoms with Gasteiger partial charge >= 0.3 is 0 Å². The maximum absolute atomic E-state index is 10.9. The van der Waals surface area contributed by atoms with E-state index >= 15 is 0 Å². The molecule has 1 aromatic rings. The van der Waals surface area contributed by atoms with Crippen molar-refractivity contribution in [2.24, 2.45) is 0 Å². The number of carboxylic acids is 1. The number of aliphatic carboxylic acids is 1. The van der Waals surface area contributed by atoms with E-state index in [9.17, 15) is 9.90 Å². The van der Waals surface area contributed by atoms with Crippen molar-refractivity contribution in [1.29, 1.82) is 0 Å². The highest BCUT2D eigenvalue weighted by Crippen LogP contribution is 2.16. The first-order chi connectivity index (χ1) is 6.98. The molecule has 0 amide bonds. The third-order valence-electron chi connectivity index (χ3n) is 2.58. The summed E-state index contributed by atoms with van der Waals surface area (Å²) in [6.07, 6.45) is 2.10. The van der Waals surface area contributed by atoms with Crippen LogP contribution in [-0.2, 0) is 16.8 Å². The van der Waals surface area contributed by atoms with Gasteiger partial charge in [0.2, 0.25) is 0 Å². The molecule has 0 saturated heterocycles. The number of hydrogen-bond donors (Lipinski definition) is 1. The summed E-state index contributed by atoms with van der Waals surface area (Å²) >= 11 is 0. The normalized spacial score (nSPS) is 14.6. The fourth-order valence-electron chi connectivity index (χ4n) is 1.45. The topological polar surface area (TPSA) is 67.8 Å². The van der Waals surface area contributed by atoms with Crippen molar-refractivity contribution in [1.82, 2.24) is 0 Å². The molecule has 0 heterocycles. The largest absolute Gasteiger partial charge is 0.543 e. The second kappa shape index (κ2) is 4.45. The lowest BCUT2D eigenvalue weighted by Gasteiger charge is -2.22. The lowest BCUT2D eigenvalue weighted by molar-refractivity contribution is -0.489. The Morgan fingerprint density at radius 2 is 1.93 bits per heavy atom. The van der Waals surface area contributed by atoms with Gasteiger partial charge in [-0.05, 0) is 12.0 Å². The maximum Gasteiger partial charge on any atom is 0.157 e. The summed E-state index contributed by atoms with van der Waals surface area (Å²) in [6, 6.07) is 7.53. The van der Waals surface area contributed by atoms with Crippen molar-refractivity contribution in [3.8, 4) is 0 Å². The molecule has 0 aliphatic carbocycles. The molecule has 0 spiro atoms. The van der Waals surface area contributed by atoms with Gasteiger partial charge in [-0.25, -0.2) is 0 Å². The van der Waals surface area contributed by atoms with Gasteiger partial charge in [-0.1, -0.05) is 37.6 Å². The van der Waals surface area contributed by atoms with E-state index in [1.807, 2.05) is 24.3 Å². The van der Waals surface area contributed by atoms with Crippen LogP contribution in [0.5, 0.6) is 0 Å². The molecule has 0 fully saturated rings. The molecule has 1 aromatic carbocycles. The first-order valence-corrected chi connectivity index (χ1v) is 5.14. The number of carboxylic acid groups (broad SMARTS) is 1. The van der Waals surface area contributed by atoms with Gasteiger partial charge in [-0.2, -0.15) is 0 Å². The molecule has 82 valence electrons. The molecule has 1 rings (SSSR count). The minimum absolute atomic E-state index is 0.683. The molecule has 0 aliphatic rings. The third kappa shape index (κ3) is 2.57. The van der Waals surface area contributed by atoms with Crippen molar-refractivity contribution in [2.75, 3.05) is 0 Å². The number of quaternary nitrogens is 1. The van der Waals surface area contributed by atoms with E-state index in [2.05, 4.69) is 12.7 Å². The summed E-state index contributed by atoms with van der Waals surface area (Å²) in [4.78, 5) is 10.9. The standard InChI is InChI=1S/C12H17NO2/c1-3-4-9-5-7-10(8-6-9)12(2,13)11(14)15/h5-8H,3-4,13H2,1-2H3,(H,14,15)/t12-/m0/s1. The van der Waals surface area contributed by atoms with Crippen LogP contribution in [0, 0.1) is 0 Å². The summed E-state index contributed by atoms with van der Waals surface area (Å²) in [7, 11) is 0. The molecule has 0 bridgehead atoms. The van der Waals surface area contributed by atoms with E-state index in [0.717, 1.165) is 12.8 Å². The fraction of sp³-hybridized carbons (Fsp3) is 0.417. The Labute approximate surface area is 89.9 Å². The highest BCUT2D eigenvalue weighted by molar-refractivity contribution is 5.76. The van der Waals surface area contributed by atoms with Crippen molar-refractivity contribution >= 4 is 5.97 Å². The SMILES string of the molecule is CCCc1ccc([C@](C)([NH3+])C(=O)[O-])cc1. The Bertz CT molecular complexity index is 341. The number of carbonyl (C=O) groups excluding carboxylic acids is 1. The Morgan fingerprint density at radius 1 is 1.40 bits per heavy atom. The molecule has 0 saturated carbocycles. The van der Waals surface area contributed by atoms with Gasteiger partial charge in [-0.15, -0.1) is 0 Å². The molecule has 1 atom stereocenters. The van der Waals surface area contributed by atoms with Crippen LogP contribution in [-0.4, -0.2) is 5.97 Å². The Hall–Kier alpha value is -1.35. The molecule has 0 aliphatic heterocycles. The van der Waals surface area contributed by atoms with Crippen LogP contribution in [0.15, 0.2) is 24.3 Å². The smallest absolute Gasteiger partial charge is 0.157 e. The highest BCUT2D eigenvalue weighted by Gasteiger charge is 2.26. The van der Waals surface area contributed by atoms with Gasteiger partial charge in [-0.3, -0.25) is 0 Å². The molecule has 15 heavy (non-hydrogen) atoms. The van der Waals surface area contributed by atoms with Crippen LogP contribution in [0.25, 0.3) is 0 Å². The predicted molar refractivity (Wildman–Crippen MR) is 55.7 cm³/mol. The summed E-state index contributed by atoms with van der Waals surface area (Å²) in [5.74, 6) is -1.15. The van der Waals surface area contributed by atoms with E-state index < -0.39 is 11.5 Å². The summed E-state index contributed by atoms with van der Waals surface area (Å²) in [6.45, 7) is 3.66. The molecule has 0 unspecified atom stereocenters. The average Bonchev–Trinajstić information content (AvgIpc) is 2.19. The number of rotatable bonds is 4. The van der Waals surface area contributed by atoms with Crippen LogP contribution in [0.4, 0.5) is 0 Å². The minimum atomic E-state index is -1.16. The van der Waals surface area contributed by atoms with Gasteiger partial charge in [0.05, 0.1) is 0 Å². The maximum atomic E-state index is 10.9. The quantitative estimate of drug-likeness (QED) is 0.745. The molecular formula is C12H17NO2. The lowest BCUT2D eigenvalue weighted by atomic mass is 9.92. The summed E-state index contributed by atoms with van der Waals surface area (Å²) in [5.41, 5.74) is 4.39. The molecule has 3 nitrogen and oxygen atoms in total. The third-order valence-corrected chi connectivity index (χ3v) is 2.58. The Balaban J connectivity index is 2.93. The van der Waals surface area contributed by atoms with Gasteiger partial charge in [0.15, 0.2) is 5.54 Å². The Morgan fingerprint density at radius 3 is 2.33 bits per heavy atom. The highest BCUT2D eigenvalue weighted by atomic mass is 16.4. The van der Waals surface area contributed by atoms with Crippen molar-refractivity contribution in [3.05, 3.63) is 35.4 Å². The lowest BCUT2D eigenvalue weighted by Crippen LogP contribution is -2.75. The first kappa shape index (κ1) is 11.7. The van der Waals surface area contributed by atoms with E-state index in [4.69, 9.17) is 0 Å². The Kier molecular flexibility index (Phi) is 3.48. The van der Waals surface area contributed by atoms with Gasteiger partial charge in [0, 0.05) is 12.5 Å². The molecular weight excluding hydrogens is 190 g/mol. The van der Waals surface area contributed by atoms with Crippen LogP contribution >= 0.6 is 0 Å². The average molecular weight is 207 g/mol. The number of carbonyl (C=O) groups is 1. The predicted octanol–water partition coefficient (Wildman–Crippen LogP) is -0.154. The van der Waals surface area contributed by atoms with Gasteiger partial charge < -0.3 is 15.6 Å².